The molecule has 6 nitrogen and oxygen atoms in total. The van der Waals surface area contributed by atoms with Crippen LogP contribution < -0.4 is 5.32 Å². The predicted octanol–water partition coefficient (Wildman–Crippen LogP) is 4.62. The molecule has 1 amide bonds. The van der Waals surface area contributed by atoms with E-state index in [-0.39, 0.29) is 11.3 Å². The summed E-state index contributed by atoms with van der Waals surface area (Å²) >= 11 is 12.0. The smallest absolute Gasteiger partial charge is 0.243 e. The highest BCUT2D eigenvalue weighted by molar-refractivity contribution is 7.89. The number of carbonyl (C=O) groups is 1. The van der Waals surface area contributed by atoms with Gasteiger partial charge in [-0.1, -0.05) is 56.1 Å². The number of halogens is 2. The number of benzene rings is 2. The van der Waals surface area contributed by atoms with Gasteiger partial charge in [0.25, 0.3) is 0 Å². The Morgan fingerprint density at radius 3 is 2.12 bits per heavy atom. The van der Waals surface area contributed by atoms with Gasteiger partial charge in [0.05, 0.1) is 21.6 Å². The van der Waals surface area contributed by atoms with Gasteiger partial charge in [-0.25, -0.2) is 8.42 Å². The molecule has 0 unspecified atom stereocenters. The Labute approximate surface area is 200 Å². The van der Waals surface area contributed by atoms with E-state index in [0.717, 1.165) is 5.56 Å². The number of nitrogens with zero attached hydrogens (tertiary/aromatic N) is 2. The van der Waals surface area contributed by atoms with Crippen LogP contribution in [0.4, 0.5) is 5.69 Å². The topological polar surface area (TPSA) is 69.7 Å². The molecule has 9 heteroatoms. The maximum Gasteiger partial charge on any atom is 0.243 e. The molecule has 1 N–H and O–H groups in total. The Hall–Kier alpha value is -1.64. The van der Waals surface area contributed by atoms with Crippen molar-refractivity contribution < 1.29 is 13.2 Å². The van der Waals surface area contributed by atoms with Crippen molar-refractivity contribution in [1.29, 1.82) is 0 Å². The average molecular weight is 498 g/mol. The summed E-state index contributed by atoms with van der Waals surface area (Å²) in [6.07, 6.45) is 0. The quantitative estimate of drug-likeness (QED) is 0.653. The fourth-order valence-electron chi connectivity index (χ4n) is 3.60. The molecule has 32 heavy (non-hydrogen) atoms. The summed E-state index contributed by atoms with van der Waals surface area (Å²) in [6, 6.07) is 11.5. The summed E-state index contributed by atoms with van der Waals surface area (Å²) in [6.45, 7) is 9.64. The Balaban J connectivity index is 1.61. The number of rotatable bonds is 5. The van der Waals surface area contributed by atoms with Gasteiger partial charge in [-0.2, -0.15) is 4.31 Å². The van der Waals surface area contributed by atoms with Crippen molar-refractivity contribution in [2.75, 3.05) is 31.5 Å². The highest BCUT2D eigenvalue weighted by Gasteiger charge is 2.32. The number of anilines is 1. The van der Waals surface area contributed by atoms with Crippen LogP contribution in [0.25, 0.3) is 0 Å². The van der Waals surface area contributed by atoms with Crippen molar-refractivity contribution in [2.24, 2.45) is 0 Å². The molecule has 1 fully saturated rings. The second-order valence-electron chi connectivity index (χ2n) is 9.00. The maximum absolute atomic E-state index is 13.1. The van der Waals surface area contributed by atoms with E-state index < -0.39 is 16.1 Å². The Bertz CT molecular complexity index is 1070. The molecule has 1 atom stereocenters. The second kappa shape index (κ2) is 9.69. The first-order valence-electron chi connectivity index (χ1n) is 10.5. The van der Waals surface area contributed by atoms with Crippen LogP contribution in [0.3, 0.4) is 0 Å². The molecule has 0 aliphatic carbocycles. The molecular weight excluding hydrogens is 469 g/mol. The lowest BCUT2D eigenvalue weighted by atomic mass is 9.87. The molecule has 0 aromatic heterocycles. The minimum Gasteiger partial charge on any atom is -0.323 e. The van der Waals surface area contributed by atoms with Gasteiger partial charge in [0.2, 0.25) is 15.9 Å². The maximum atomic E-state index is 13.1. The molecule has 0 saturated carbocycles. The van der Waals surface area contributed by atoms with Crippen LogP contribution >= 0.6 is 23.2 Å². The molecule has 1 aliphatic heterocycles. The van der Waals surface area contributed by atoms with Gasteiger partial charge >= 0.3 is 0 Å². The normalized spacial score (nSPS) is 17.2. The Morgan fingerprint density at radius 1 is 1.00 bits per heavy atom. The third-order valence-electron chi connectivity index (χ3n) is 5.75. The molecule has 0 radical (unpaired) electrons. The van der Waals surface area contributed by atoms with Crippen molar-refractivity contribution in [1.82, 2.24) is 9.21 Å². The number of amides is 1. The number of carbonyl (C=O) groups excluding carboxylic acids is 1. The van der Waals surface area contributed by atoms with Gasteiger partial charge < -0.3 is 5.32 Å². The van der Waals surface area contributed by atoms with Gasteiger partial charge in [0.1, 0.15) is 0 Å². The van der Waals surface area contributed by atoms with Crippen molar-refractivity contribution in [2.45, 2.75) is 44.0 Å². The molecule has 174 valence electrons. The van der Waals surface area contributed by atoms with Crippen molar-refractivity contribution in [3.63, 3.8) is 0 Å². The fraction of sp³-hybridized carbons (Fsp3) is 0.435. The minimum absolute atomic E-state index is 0.0408. The first-order valence-corrected chi connectivity index (χ1v) is 12.7. The predicted molar refractivity (Wildman–Crippen MR) is 130 cm³/mol. The van der Waals surface area contributed by atoms with Gasteiger partial charge in [-0.15, -0.1) is 0 Å². The first-order chi connectivity index (χ1) is 14.9. The van der Waals surface area contributed by atoms with Crippen molar-refractivity contribution in [3.05, 3.63) is 58.1 Å². The van der Waals surface area contributed by atoms with Crippen molar-refractivity contribution >= 4 is 44.8 Å². The molecule has 1 saturated heterocycles. The highest BCUT2D eigenvalue weighted by atomic mass is 35.5. The summed E-state index contributed by atoms with van der Waals surface area (Å²) in [5.74, 6) is -0.205. The van der Waals surface area contributed by atoms with E-state index >= 15 is 0 Å². The summed E-state index contributed by atoms with van der Waals surface area (Å²) < 4.78 is 27.6. The highest BCUT2D eigenvalue weighted by Crippen LogP contribution is 2.27. The monoisotopic (exact) mass is 497 g/mol. The van der Waals surface area contributed by atoms with Crippen LogP contribution in [0.5, 0.6) is 0 Å². The van der Waals surface area contributed by atoms with E-state index in [0.29, 0.717) is 46.8 Å². The Kier molecular flexibility index (Phi) is 7.57. The lowest BCUT2D eigenvalue weighted by Crippen LogP contribution is -2.53. The van der Waals surface area contributed by atoms with Crippen LogP contribution in [0, 0.1) is 0 Å². The van der Waals surface area contributed by atoms with Crippen molar-refractivity contribution in [3.8, 4) is 0 Å². The van der Waals surface area contributed by atoms with E-state index in [2.05, 4.69) is 26.1 Å². The molecule has 1 aliphatic rings. The van der Waals surface area contributed by atoms with Gasteiger partial charge in [-0.05, 0) is 48.2 Å². The summed E-state index contributed by atoms with van der Waals surface area (Å²) in [5.41, 5.74) is 1.54. The molecule has 1 heterocycles. The number of piperazine rings is 1. The molecule has 0 spiro atoms. The number of hydrogen-bond acceptors (Lipinski definition) is 4. The summed E-state index contributed by atoms with van der Waals surface area (Å²) in [5, 5.41) is 3.68. The van der Waals surface area contributed by atoms with E-state index in [9.17, 15) is 13.2 Å². The molecule has 2 aromatic carbocycles. The van der Waals surface area contributed by atoms with E-state index in [1.807, 2.05) is 17.0 Å². The zero-order valence-electron chi connectivity index (χ0n) is 18.7. The Morgan fingerprint density at radius 2 is 1.59 bits per heavy atom. The van der Waals surface area contributed by atoms with E-state index in [1.54, 1.807) is 37.3 Å². The first kappa shape index (κ1) is 25.0. The molecular formula is C23H29Cl2N3O3S. The van der Waals surface area contributed by atoms with Crippen LogP contribution in [0.15, 0.2) is 47.4 Å². The van der Waals surface area contributed by atoms with E-state index in [1.165, 1.54) is 4.31 Å². The largest absolute Gasteiger partial charge is 0.323 e. The van der Waals surface area contributed by atoms with Gasteiger partial charge in [0, 0.05) is 31.2 Å². The van der Waals surface area contributed by atoms with Gasteiger partial charge in [-0.3, -0.25) is 9.69 Å². The van der Waals surface area contributed by atoms with Crippen LogP contribution in [-0.2, 0) is 20.2 Å². The van der Waals surface area contributed by atoms with E-state index in [4.69, 9.17) is 23.2 Å². The number of sulfonamides is 1. The third-order valence-corrected chi connectivity index (χ3v) is 8.21. The average Bonchev–Trinajstić information content (AvgIpc) is 2.74. The lowest BCUT2D eigenvalue weighted by Gasteiger charge is -2.36. The molecule has 0 bridgehead atoms. The zero-order chi connectivity index (χ0) is 23.7. The minimum atomic E-state index is -3.58. The van der Waals surface area contributed by atoms with Crippen LogP contribution in [0.1, 0.15) is 33.3 Å². The number of nitrogens with one attached hydrogen (secondary N) is 1. The number of hydrogen-bond donors (Lipinski definition) is 1. The van der Waals surface area contributed by atoms with Gasteiger partial charge in [0.15, 0.2) is 0 Å². The lowest BCUT2D eigenvalue weighted by molar-refractivity contribution is -0.121. The standard InChI is InChI=1S/C23H29Cl2N3O3S/c1-16(22(29)26-21-10-7-18(24)15-20(21)25)27-11-13-28(14-12-27)32(30,31)19-8-5-17(6-9-19)23(2,3)4/h5-10,15-16H,11-14H2,1-4H3,(H,26,29)/t16-/m0/s1. The molecule has 2 aromatic rings. The second-order valence-corrected chi connectivity index (χ2v) is 11.8. The third kappa shape index (κ3) is 5.64. The van der Waals surface area contributed by atoms with Crippen LogP contribution in [-0.4, -0.2) is 55.8 Å². The molecule has 3 rings (SSSR count). The SMILES string of the molecule is C[C@@H](C(=O)Nc1ccc(Cl)cc1Cl)N1CCN(S(=O)(=O)c2ccc(C(C)(C)C)cc2)CC1. The zero-order valence-corrected chi connectivity index (χ0v) is 21.1. The summed E-state index contributed by atoms with van der Waals surface area (Å²) in [4.78, 5) is 14.9. The fourth-order valence-corrected chi connectivity index (χ4v) is 5.48. The summed E-state index contributed by atoms with van der Waals surface area (Å²) in [7, 11) is -3.58. The van der Waals surface area contributed by atoms with Crippen LogP contribution in [0.2, 0.25) is 10.0 Å².